The molecule has 0 saturated carbocycles. The van der Waals surface area contributed by atoms with Crippen LogP contribution in [0.25, 0.3) is 0 Å². The van der Waals surface area contributed by atoms with Crippen LogP contribution in [0.5, 0.6) is 0 Å². The molecule has 1 amide bonds. The van der Waals surface area contributed by atoms with E-state index in [1.165, 1.54) is 4.90 Å². The Kier molecular flexibility index (Phi) is 3.41. The lowest BCUT2D eigenvalue weighted by Crippen LogP contribution is -2.48. The zero-order valence-corrected chi connectivity index (χ0v) is 10.6. The summed E-state index contributed by atoms with van der Waals surface area (Å²) in [5.74, 6) is -0.322. The van der Waals surface area contributed by atoms with Gasteiger partial charge >= 0.3 is 5.97 Å². The first-order valence-corrected chi connectivity index (χ1v) is 6.11. The molecular weight excluding hydrogens is 234 g/mol. The topological polar surface area (TPSA) is 70.8 Å². The van der Waals surface area contributed by atoms with E-state index in [0.29, 0.717) is 18.7 Å². The molecule has 2 heterocycles. The van der Waals surface area contributed by atoms with Crippen molar-refractivity contribution in [3.63, 3.8) is 0 Å². The smallest absolute Gasteiger partial charge is 0.326 e. The van der Waals surface area contributed by atoms with Crippen molar-refractivity contribution in [1.29, 1.82) is 0 Å². The number of carbonyl (C=O) groups is 2. The number of aryl methyl sites for hydroxylation is 2. The normalized spacial score (nSPS) is 19.9. The molecule has 1 atom stereocenters. The number of rotatable bonds is 2. The number of hydrogen-bond acceptors (Lipinski definition) is 3. The third kappa shape index (κ3) is 2.25. The molecule has 1 aliphatic rings. The first kappa shape index (κ1) is 12.7. The molecule has 1 aromatic rings. The lowest BCUT2D eigenvalue weighted by Gasteiger charge is -2.32. The second-order valence-corrected chi connectivity index (χ2v) is 4.72. The molecule has 1 N–H and O–H groups in total. The van der Waals surface area contributed by atoms with Crippen LogP contribution in [-0.2, 0) is 4.79 Å². The fourth-order valence-corrected chi connectivity index (χ4v) is 2.42. The van der Waals surface area contributed by atoms with Crippen molar-refractivity contribution in [2.24, 2.45) is 0 Å². The predicted molar refractivity (Wildman–Crippen MR) is 64.5 cm³/mol. The average Bonchev–Trinajstić information content (AvgIpc) is 2.67. The summed E-state index contributed by atoms with van der Waals surface area (Å²) in [7, 11) is 0. The minimum absolute atomic E-state index is 0.264. The van der Waals surface area contributed by atoms with E-state index in [4.69, 9.17) is 9.52 Å². The largest absolute Gasteiger partial charge is 0.480 e. The van der Waals surface area contributed by atoms with E-state index in [0.717, 1.165) is 18.4 Å². The van der Waals surface area contributed by atoms with Gasteiger partial charge in [0, 0.05) is 12.1 Å². The summed E-state index contributed by atoms with van der Waals surface area (Å²) in [5, 5.41) is 9.15. The van der Waals surface area contributed by atoms with E-state index < -0.39 is 12.0 Å². The van der Waals surface area contributed by atoms with E-state index >= 15 is 0 Å². The van der Waals surface area contributed by atoms with E-state index in [1.807, 2.05) is 0 Å². The van der Waals surface area contributed by atoms with Gasteiger partial charge in [-0.1, -0.05) is 0 Å². The molecule has 2 rings (SSSR count). The molecular formula is C13H17NO4. The maximum absolute atomic E-state index is 12.3. The van der Waals surface area contributed by atoms with Gasteiger partial charge in [-0.15, -0.1) is 0 Å². The highest BCUT2D eigenvalue weighted by molar-refractivity contribution is 5.95. The molecule has 1 aromatic heterocycles. The average molecular weight is 251 g/mol. The second-order valence-electron chi connectivity index (χ2n) is 4.72. The van der Waals surface area contributed by atoms with E-state index in [9.17, 15) is 9.59 Å². The first-order valence-electron chi connectivity index (χ1n) is 6.11. The van der Waals surface area contributed by atoms with Gasteiger partial charge in [-0.2, -0.15) is 0 Å². The third-order valence-corrected chi connectivity index (χ3v) is 3.28. The summed E-state index contributed by atoms with van der Waals surface area (Å²) in [6.07, 6.45) is 2.20. The van der Waals surface area contributed by atoms with Crippen LogP contribution in [0.3, 0.4) is 0 Å². The van der Waals surface area contributed by atoms with Crippen molar-refractivity contribution in [2.75, 3.05) is 6.54 Å². The van der Waals surface area contributed by atoms with Crippen LogP contribution >= 0.6 is 0 Å². The first-order chi connectivity index (χ1) is 8.50. The van der Waals surface area contributed by atoms with Gasteiger partial charge in [0.2, 0.25) is 0 Å². The maximum Gasteiger partial charge on any atom is 0.326 e. The van der Waals surface area contributed by atoms with Gasteiger partial charge in [0.25, 0.3) is 5.91 Å². The van der Waals surface area contributed by atoms with Gasteiger partial charge in [-0.25, -0.2) is 4.79 Å². The molecule has 0 unspecified atom stereocenters. The van der Waals surface area contributed by atoms with E-state index in [-0.39, 0.29) is 11.7 Å². The Morgan fingerprint density at radius 3 is 2.67 bits per heavy atom. The second kappa shape index (κ2) is 4.84. The van der Waals surface area contributed by atoms with Crippen molar-refractivity contribution in [3.8, 4) is 0 Å². The molecule has 1 fully saturated rings. The summed E-state index contributed by atoms with van der Waals surface area (Å²) in [4.78, 5) is 24.9. The number of furan rings is 1. The highest BCUT2D eigenvalue weighted by Crippen LogP contribution is 2.22. The molecule has 0 spiro atoms. The molecule has 5 nitrogen and oxygen atoms in total. The minimum Gasteiger partial charge on any atom is -0.480 e. The number of hydrogen-bond donors (Lipinski definition) is 1. The van der Waals surface area contributed by atoms with Crippen LogP contribution in [-0.4, -0.2) is 34.5 Å². The quantitative estimate of drug-likeness (QED) is 0.872. The molecule has 5 heteroatoms. The Balaban J connectivity index is 2.26. The number of nitrogens with zero attached hydrogens (tertiary/aromatic N) is 1. The van der Waals surface area contributed by atoms with Crippen LogP contribution < -0.4 is 0 Å². The van der Waals surface area contributed by atoms with Gasteiger partial charge in [0.05, 0.1) is 0 Å². The Morgan fingerprint density at radius 2 is 2.11 bits per heavy atom. The maximum atomic E-state index is 12.3. The van der Waals surface area contributed by atoms with Crippen molar-refractivity contribution in [3.05, 3.63) is 23.2 Å². The van der Waals surface area contributed by atoms with Crippen molar-refractivity contribution < 1.29 is 19.1 Å². The van der Waals surface area contributed by atoms with Crippen molar-refractivity contribution in [2.45, 2.75) is 39.2 Å². The highest BCUT2D eigenvalue weighted by Gasteiger charge is 2.34. The van der Waals surface area contributed by atoms with Crippen molar-refractivity contribution in [1.82, 2.24) is 4.90 Å². The number of amides is 1. The van der Waals surface area contributed by atoms with Gasteiger partial charge in [0.1, 0.15) is 11.8 Å². The van der Waals surface area contributed by atoms with Crippen LogP contribution in [0, 0.1) is 13.8 Å². The fraction of sp³-hybridized carbons (Fsp3) is 0.538. The number of carboxylic acids is 1. The molecule has 98 valence electrons. The zero-order valence-electron chi connectivity index (χ0n) is 10.6. The van der Waals surface area contributed by atoms with Crippen LogP contribution in [0.2, 0.25) is 0 Å². The van der Waals surface area contributed by atoms with E-state index in [1.54, 1.807) is 19.9 Å². The molecule has 1 saturated heterocycles. The Labute approximate surface area is 105 Å². The Bertz CT molecular complexity index is 477. The Morgan fingerprint density at radius 1 is 1.39 bits per heavy atom. The molecule has 18 heavy (non-hydrogen) atoms. The summed E-state index contributed by atoms with van der Waals surface area (Å²) in [5.41, 5.74) is 0.757. The highest BCUT2D eigenvalue weighted by atomic mass is 16.4. The predicted octanol–water partition coefficient (Wildman–Crippen LogP) is 1.98. The molecule has 1 aliphatic heterocycles. The van der Waals surface area contributed by atoms with Crippen LogP contribution in [0.4, 0.5) is 0 Å². The van der Waals surface area contributed by atoms with Gasteiger partial charge in [-0.05, 0) is 39.2 Å². The fourth-order valence-electron chi connectivity index (χ4n) is 2.42. The SMILES string of the molecule is Cc1cc(C)c(C(=O)N2CCCC[C@H]2C(=O)O)o1. The zero-order chi connectivity index (χ0) is 13.3. The Hall–Kier alpha value is -1.78. The molecule has 0 aromatic carbocycles. The third-order valence-electron chi connectivity index (χ3n) is 3.28. The summed E-state index contributed by atoms with van der Waals surface area (Å²) >= 11 is 0. The van der Waals surface area contributed by atoms with Gasteiger partial charge in [0.15, 0.2) is 5.76 Å². The molecule has 0 aliphatic carbocycles. The number of likely N-dealkylation sites (tertiary alicyclic amines) is 1. The van der Waals surface area contributed by atoms with Crippen LogP contribution in [0.1, 0.15) is 41.1 Å². The summed E-state index contributed by atoms with van der Waals surface area (Å²) in [6.45, 7) is 4.05. The standard InChI is InChI=1S/C13H17NO4/c1-8-7-9(2)18-11(8)12(15)14-6-4-3-5-10(14)13(16)17/h7,10H,3-6H2,1-2H3,(H,16,17)/t10-/m0/s1. The monoisotopic (exact) mass is 251 g/mol. The lowest BCUT2D eigenvalue weighted by molar-refractivity contribution is -0.143. The minimum atomic E-state index is -0.941. The number of piperidine rings is 1. The number of carboxylic acid groups (broad SMARTS) is 1. The van der Waals surface area contributed by atoms with Gasteiger partial charge in [-0.3, -0.25) is 4.79 Å². The van der Waals surface area contributed by atoms with Crippen LogP contribution in [0.15, 0.2) is 10.5 Å². The summed E-state index contributed by atoms with van der Waals surface area (Å²) in [6, 6.07) is 1.06. The van der Waals surface area contributed by atoms with Gasteiger partial charge < -0.3 is 14.4 Å². The molecule has 0 radical (unpaired) electrons. The summed E-state index contributed by atoms with van der Waals surface area (Å²) < 4.78 is 5.37. The number of carbonyl (C=O) groups excluding carboxylic acids is 1. The number of aliphatic carboxylic acids is 1. The lowest BCUT2D eigenvalue weighted by atomic mass is 10.0. The van der Waals surface area contributed by atoms with E-state index in [2.05, 4.69) is 0 Å². The van der Waals surface area contributed by atoms with Crippen molar-refractivity contribution >= 4 is 11.9 Å². The molecule has 0 bridgehead atoms.